The van der Waals surface area contributed by atoms with Gasteiger partial charge in [-0.2, -0.15) is 0 Å². The lowest BCUT2D eigenvalue weighted by molar-refractivity contribution is 0.0945. The molecule has 0 radical (unpaired) electrons. The number of carbonyl (C=O) groups is 1. The first-order valence-corrected chi connectivity index (χ1v) is 8.64. The van der Waals surface area contributed by atoms with Crippen molar-refractivity contribution in [3.8, 4) is 0 Å². The topological polar surface area (TPSA) is 45.2 Å². The quantitative estimate of drug-likeness (QED) is 0.938. The first-order chi connectivity index (χ1) is 11.6. The van der Waals surface area contributed by atoms with Gasteiger partial charge in [0.2, 0.25) is 0 Å². The van der Waals surface area contributed by atoms with Crippen LogP contribution in [-0.4, -0.2) is 30.5 Å². The van der Waals surface area contributed by atoms with Crippen LogP contribution < -0.4 is 10.2 Å². The number of carbonyl (C=O) groups excluding carboxylic acids is 1. The molecule has 1 saturated heterocycles. The van der Waals surface area contributed by atoms with Crippen LogP contribution in [-0.2, 0) is 0 Å². The van der Waals surface area contributed by atoms with Crippen molar-refractivity contribution in [3.63, 3.8) is 0 Å². The maximum atomic E-state index is 12.3. The molecule has 1 N–H and O–H groups in total. The molecule has 126 valence electrons. The second kappa shape index (κ2) is 7.47. The third-order valence-electron chi connectivity index (χ3n) is 4.96. The minimum atomic E-state index is 0.0367. The molecule has 0 unspecified atom stereocenters. The van der Waals surface area contributed by atoms with Crippen molar-refractivity contribution in [2.75, 3.05) is 24.5 Å². The molecule has 0 saturated carbocycles. The van der Waals surface area contributed by atoms with E-state index in [1.165, 1.54) is 11.3 Å². The van der Waals surface area contributed by atoms with E-state index in [2.05, 4.69) is 34.3 Å². The lowest BCUT2D eigenvalue weighted by atomic mass is 9.96. The summed E-state index contributed by atoms with van der Waals surface area (Å²) in [6.07, 6.45) is 5.89. The van der Waals surface area contributed by atoms with Crippen LogP contribution in [0, 0.1) is 19.8 Å². The van der Waals surface area contributed by atoms with Crippen LogP contribution in [0.3, 0.4) is 0 Å². The van der Waals surface area contributed by atoms with Gasteiger partial charge in [0, 0.05) is 43.3 Å². The van der Waals surface area contributed by atoms with E-state index >= 15 is 0 Å². The Morgan fingerprint density at radius 2 is 1.83 bits per heavy atom. The summed E-state index contributed by atoms with van der Waals surface area (Å²) < 4.78 is 0. The Labute approximate surface area is 143 Å². The number of rotatable bonds is 4. The van der Waals surface area contributed by atoms with Crippen LogP contribution >= 0.6 is 0 Å². The van der Waals surface area contributed by atoms with Gasteiger partial charge in [-0.05, 0) is 68.0 Å². The summed E-state index contributed by atoms with van der Waals surface area (Å²) in [6.45, 7) is 6.94. The number of hydrogen-bond acceptors (Lipinski definition) is 3. The normalized spacial score (nSPS) is 15.3. The number of aromatic nitrogens is 1. The summed E-state index contributed by atoms with van der Waals surface area (Å²) in [7, 11) is 0. The van der Waals surface area contributed by atoms with E-state index in [0.29, 0.717) is 5.92 Å². The summed E-state index contributed by atoms with van der Waals surface area (Å²) in [4.78, 5) is 18.8. The van der Waals surface area contributed by atoms with Gasteiger partial charge in [-0.15, -0.1) is 0 Å². The number of anilines is 1. The van der Waals surface area contributed by atoms with Crippen molar-refractivity contribution < 1.29 is 4.79 Å². The third-order valence-corrected chi connectivity index (χ3v) is 4.96. The fourth-order valence-electron chi connectivity index (χ4n) is 3.17. The Morgan fingerprint density at radius 3 is 2.50 bits per heavy atom. The van der Waals surface area contributed by atoms with E-state index in [9.17, 15) is 4.79 Å². The maximum Gasteiger partial charge on any atom is 0.251 e. The summed E-state index contributed by atoms with van der Waals surface area (Å²) in [6, 6.07) is 10.0. The summed E-state index contributed by atoms with van der Waals surface area (Å²) >= 11 is 0. The highest BCUT2D eigenvalue weighted by Gasteiger charge is 2.20. The number of hydrogen-bond donors (Lipinski definition) is 1. The van der Waals surface area contributed by atoms with E-state index in [1.54, 1.807) is 0 Å². The molecular weight excluding hydrogens is 298 g/mol. The SMILES string of the molecule is Cc1ccc(C(=O)NCC2CCN(c3ccncc3)CC2)cc1C. The standard InChI is InChI=1S/C20H25N3O/c1-15-3-4-18(13-16(15)2)20(24)22-14-17-7-11-23(12-8-17)19-5-9-21-10-6-19/h3-6,9-10,13,17H,7-8,11-12,14H2,1-2H3,(H,22,24). The van der Waals surface area contributed by atoms with Crippen LogP contribution in [0.15, 0.2) is 42.7 Å². The molecule has 1 aromatic heterocycles. The Kier molecular flexibility index (Phi) is 5.14. The largest absolute Gasteiger partial charge is 0.371 e. The smallest absolute Gasteiger partial charge is 0.251 e. The van der Waals surface area contributed by atoms with Crippen LogP contribution in [0.1, 0.15) is 34.3 Å². The maximum absolute atomic E-state index is 12.3. The lowest BCUT2D eigenvalue weighted by Crippen LogP contribution is -2.38. The van der Waals surface area contributed by atoms with E-state index in [0.717, 1.165) is 43.6 Å². The first kappa shape index (κ1) is 16.5. The number of nitrogens with one attached hydrogen (secondary N) is 1. The highest BCUT2D eigenvalue weighted by molar-refractivity contribution is 5.94. The van der Waals surface area contributed by atoms with Crippen molar-refractivity contribution in [2.45, 2.75) is 26.7 Å². The molecule has 3 rings (SSSR count). The number of nitrogens with zero attached hydrogens (tertiary/aromatic N) is 2. The zero-order valence-corrected chi connectivity index (χ0v) is 14.5. The van der Waals surface area contributed by atoms with E-state index in [-0.39, 0.29) is 5.91 Å². The van der Waals surface area contributed by atoms with E-state index in [4.69, 9.17) is 0 Å². The second-order valence-electron chi connectivity index (χ2n) is 6.64. The molecule has 0 spiro atoms. The van der Waals surface area contributed by atoms with E-state index in [1.807, 2.05) is 37.5 Å². The van der Waals surface area contributed by atoms with Gasteiger partial charge in [0.15, 0.2) is 0 Å². The van der Waals surface area contributed by atoms with Crippen molar-refractivity contribution >= 4 is 11.6 Å². The average Bonchev–Trinajstić information content (AvgIpc) is 2.63. The Balaban J connectivity index is 1.48. The van der Waals surface area contributed by atoms with Gasteiger partial charge in [0.1, 0.15) is 0 Å². The van der Waals surface area contributed by atoms with Gasteiger partial charge in [-0.25, -0.2) is 0 Å². The Bertz CT molecular complexity index is 691. The summed E-state index contributed by atoms with van der Waals surface area (Å²) in [5.41, 5.74) is 4.37. The number of piperidine rings is 1. The average molecular weight is 323 g/mol. The summed E-state index contributed by atoms with van der Waals surface area (Å²) in [5.74, 6) is 0.591. The second-order valence-corrected chi connectivity index (χ2v) is 6.64. The molecule has 1 amide bonds. The zero-order chi connectivity index (χ0) is 16.9. The van der Waals surface area contributed by atoms with Crippen LogP contribution in [0.4, 0.5) is 5.69 Å². The van der Waals surface area contributed by atoms with Crippen molar-refractivity contribution in [1.29, 1.82) is 0 Å². The molecule has 0 atom stereocenters. The van der Waals surface area contributed by atoms with Crippen LogP contribution in [0.5, 0.6) is 0 Å². The zero-order valence-electron chi connectivity index (χ0n) is 14.5. The van der Waals surface area contributed by atoms with Crippen molar-refractivity contribution in [2.24, 2.45) is 5.92 Å². The molecular formula is C20H25N3O. The molecule has 1 aliphatic rings. The highest BCUT2D eigenvalue weighted by Crippen LogP contribution is 2.22. The Morgan fingerprint density at radius 1 is 1.12 bits per heavy atom. The number of benzene rings is 1. The summed E-state index contributed by atoms with van der Waals surface area (Å²) in [5, 5.41) is 3.10. The highest BCUT2D eigenvalue weighted by atomic mass is 16.1. The number of aryl methyl sites for hydroxylation is 2. The minimum absolute atomic E-state index is 0.0367. The number of pyridine rings is 1. The monoisotopic (exact) mass is 323 g/mol. The van der Waals surface area contributed by atoms with Crippen LogP contribution in [0.2, 0.25) is 0 Å². The predicted molar refractivity (Wildman–Crippen MR) is 97.4 cm³/mol. The van der Waals surface area contributed by atoms with Gasteiger partial charge in [0.25, 0.3) is 5.91 Å². The van der Waals surface area contributed by atoms with Gasteiger partial charge < -0.3 is 10.2 Å². The fourth-order valence-corrected chi connectivity index (χ4v) is 3.17. The van der Waals surface area contributed by atoms with Crippen LogP contribution in [0.25, 0.3) is 0 Å². The molecule has 0 aliphatic carbocycles. The lowest BCUT2D eigenvalue weighted by Gasteiger charge is -2.33. The van der Waals surface area contributed by atoms with Gasteiger partial charge in [-0.1, -0.05) is 6.07 Å². The molecule has 1 aromatic carbocycles. The molecule has 2 aromatic rings. The molecule has 4 nitrogen and oxygen atoms in total. The van der Waals surface area contributed by atoms with Crippen molar-refractivity contribution in [1.82, 2.24) is 10.3 Å². The minimum Gasteiger partial charge on any atom is -0.371 e. The first-order valence-electron chi connectivity index (χ1n) is 8.64. The Hall–Kier alpha value is -2.36. The number of amides is 1. The fraction of sp³-hybridized carbons (Fsp3) is 0.400. The molecule has 0 bridgehead atoms. The van der Waals surface area contributed by atoms with E-state index < -0.39 is 0 Å². The predicted octanol–water partition coefficient (Wildman–Crippen LogP) is 3.34. The third kappa shape index (κ3) is 3.94. The van der Waals surface area contributed by atoms with Gasteiger partial charge in [0.05, 0.1) is 0 Å². The van der Waals surface area contributed by atoms with Gasteiger partial charge in [-0.3, -0.25) is 9.78 Å². The molecule has 4 heteroatoms. The molecule has 1 fully saturated rings. The molecule has 1 aliphatic heterocycles. The van der Waals surface area contributed by atoms with Gasteiger partial charge >= 0.3 is 0 Å². The molecule has 24 heavy (non-hydrogen) atoms. The van der Waals surface area contributed by atoms with Crippen molar-refractivity contribution in [3.05, 3.63) is 59.4 Å². The molecule has 2 heterocycles.